The highest BCUT2D eigenvalue weighted by atomic mass is 15.3. The highest BCUT2D eigenvalue weighted by Gasteiger charge is 2.36. The van der Waals surface area contributed by atoms with Crippen LogP contribution in [-0.2, 0) is 0 Å². The molecule has 1 aromatic heterocycles. The number of nitrogens with two attached hydrogens (primary N) is 2. The van der Waals surface area contributed by atoms with E-state index in [1.165, 1.54) is 13.1 Å². The SMILES string of the molecule is Nc1ccncc1C(N)C1CN2CCN1CC2. The summed E-state index contributed by atoms with van der Waals surface area (Å²) in [7, 11) is 0. The van der Waals surface area contributed by atoms with Crippen LogP contribution in [0.4, 0.5) is 5.69 Å². The predicted molar refractivity (Wildman–Crippen MR) is 67.4 cm³/mol. The molecule has 0 aliphatic carbocycles. The molecule has 5 nitrogen and oxygen atoms in total. The number of pyridine rings is 1. The molecule has 4 rings (SSSR count). The van der Waals surface area contributed by atoms with Gasteiger partial charge in [0, 0.05) is 62.4 Å². The van der Waals surface area contributed by atoms with Gasteiger partial charge in [0.05, 0.1) is 6.04 Å². The second kappa shape index (κ2) is 4.25. The summed E-state index contributed by atoms with van der Waals surface area (Å²) in [6.07, 6.45) is 3.51. The number of rotatable bonds is 2. The molecule has 0 spiro atoms. The fourth-order valence-corrected chi connectivity index (χ4v) is 2.90. The summed E-state index contributed by atoms with van der Waals surface area (Å²) in [5.41, 5.74) is 14.1. The van der Waals surface area contributed by atoms with Crippen molar-refractivity contribution in [3.05, 3.63) is 24.0 Å². The van der Waals surface area contributed by atoms with Crippen LogP contribution in [0.1, 0.15) is 11.6 Å². The first kappa shape index (κ1) is 11.0. The maximum absolute atomic E-state index is 6.37. The molecule has 0 radical (unpaired) electrons. The normalized spacial score (nSPS) is 33.6. The molecule has 92 valence electrons. The fraction of sp³-hybridized carbons (Fsp3) is 0.583. The fourth-order valence-electron chi connectivity index (χ4n) is 2.90. The number of hydrogen-bond acceptors (Lipinski definition) is 5. The monoisotopic (exact) mass is 233 g/mol. The van der Waals surface area contributed by atoms with Crippen LogP contribution in [0.3, 0.4) is 0 Å². The van der Waals surface area contributed by atoms with Crippen molar-refractivity contribution in [1.82, 2.24) is 14.8 Å². The quantitative estimate of drug-likeness (QED) is 0.731. The molecule has 0 aromatic carbocycles. The smallest absolute Gasteiger partial charge is 0.0501 e. The molecule has 2 atom stereocenters. The number of nitrogens with zero attached hydrogens (tertiary/aromatic N) is 3. The van der Waals surface area contributed by atoms with E-state index in [-0.39, 0.29) is 6.04 Å². The Morgan fingerprint density at radius 1 is 1.29 bits per heavy atom. The Morgan fingerprint density at radius 3 is 2.65 bits per heavy atom. The molecule has 3 aliphatic heterocycles. The van der Waals surface area contributed by atoms with Crippen LogP contribution in [0, 0.1) is 0 Å². The minimum absolute atomic E-state index is 0.0354. The lowest BCUT2D eigenvalue weighted by Crippen LogP contribution is -2.63. The zero-order chi connectivity index (χ0) is 11.8. The van der Waals surface area contributed by atoms with Crippen molar-refractivity contribution in [2.75, 3.05) is 38.5 Å². The lowest BCUT2D eigenvalue weighted by atomic mass is 9.95. The summed E-state index contributed by atoms with van der Waals surface area (Å²) in [6, 6.07) is 2.17. The van der Waals surface area contributed by atoms with Crippen LogP contribution in [0.25, 0.3) is 0 Å². The molecule has 4 heterocycles. The number of aromatic nitrogens is 1. The maximum atomic E-state index is 6.37. The second-order valence-electron chi connectivity index (χ2n) is 4.93. The molecule has 3 saturated heterocycles. The van der Waals surface area contributed by atoms with Gasteiger partial charge in [0.2, 0.25) is 0 Å². The van der Waals surface area contributed by atoms with Crippen LogP contribution < -0.4 is 11.5 Å². The first-order valence-electron chi connectivity index (χ1n) is 6.17. The van der Waals surface area contributed by atoms with E-state index in [2.05, 4.69) is 14.8 Å². The second-order valence-corrected chi connectivity index (χ2v) is 4.93. The molecule has 5 heteroatoms. The summed E-state index contributed by atoms with van der Waals surface area (Å²) >= 11 is 0. The van der Waals surface area contributed by atoms with Crippen LogP contribution in [0.5, 0.6) is 0 Å². The van der Waals surface area contributed by atoms with Crippen molar-refractivity contribution < 1.29 is 0 Å². The third kappa shape index (κ3) is 1.90. The molecular formula is C12H19N5. The average molecular weight is 233 g/mol. The van der Waals surface area contributed by atoms with Gasteiger partial charge in [0.15, 0.2) is 0 Å². The summed E-state index contributed by atoms with van der Waals surface area (Å²) in [6.45, 7) is 5.64. The average Bonchev–Trinajstić information content (AvgIpc) is 2.40. The lowest BCUT2D eigenvalue weighted by Gasteiger charge is -2.49. The van der Waals surface area contributed by atoms with E-state index in [9.17, 15) is 0 Å². The Labute approximate surface area is 101 Å². The summed E-state index contributed by atoms with van der Waals surface area (Å²) in [5, 5.41) is 0. The van der Waals surface area contributed by atoms with Gasteiger partial charge in [-0.3, -0.25) is 14.8 Å². The number of nitrogen functional groups attached to an aromatic ring is 1. The topological polar surface area (TPSA) is 71.4 Å². The Morgan fingerprint density at radius 2 is 2.06 bits per heavy atom. The van der Waals surface area contributed by atoms with Gasteiger partial charge in [0.25, 0.3) is 0 Å². The van der Waals surface area contributed by atoms with E-state index in [1.54, 1.807) is 12.4 Å². The molecule has 4 N–H and O–H groups in total. The van der Waals surface area contributed by atoms with E-state index in [0.717, 1.165) is 30.9 Å². The minimum Gasteiger partial charge on any atom is -0.398 e. The zero-order valence-corrected chi connectivity index (χ0v) is 9.92. The van der Waals surface area contributed by atoms with Gasteiger partial charge in [0.1, 0.15) is 0 Å². The van der Waals surface area contributed by atoms with Crippen LogP contribution in [0.2, 0.25) is 0 Å². The molecule has 0 amide bonds. The van der Waals surface area contributed by atoms with Crippen molar-refractivity contribution in [2.45, 2.75) is 12.1 Å². The lowest BCUT2D eigenvalue weighted by molar-refractivity contribution is 0.00220. The van der Waals surface area contributed by atoms with Gasteiger partial charge in [-0.2, -0.15) is 0 Å². The van der Waals surface area contributed by atoms with Gasteiger partial charge in [-0.15, -0.1) is 0 Å². The van der Waals surface area contributed by atoms with Gasteiger partial charge >= 0.3 is 0 Å². The predicted octanol–water partition coefficient (Wildman–Crippen LogP) is -0.337. The number of piperazine rings is 3. The Bertz CT molecular complexity index is 400. The van der Waals surface area contributed by atoms with Crippen molar-refractivity contribution in [2.24, 2.45) is 5.73 Å². The molecule has 3 fully saturated rings. The highest BCUT2D eigenvalue weighted by molar-refractivity contribution is 5.46. The summed E-state index contributed by atoms with van der Waals surface area (Å²) in [4.78, 5) is 9.10. The largest absolute Gasteiger partial charge is 0.398 e. The van der Waals surface area contributed by atoms with Crippen LogP contribution in [-0.4, -0.2) is 53.5 Å². The van der Waals surface area contributed by atoms with E-state index in [0.29, 0.717) is 6.04 Å². The number of fused-ring (bicyclic) bond motifs is 3. The van der Waals surface area contributed by atoms with Crippen molar-refractivity contribution in [1.29, 1.82) is 0 Å². The third-order valence-electron chi connectivity index (χ3n) is 3.98. The Balaban J connectivity index is 1.83. The molecule has 2 unspecified atom stereocenters. The van der Waals surface area contributed by atoms with Crippen molar-refractivity contribution in [3.63, 3.8) is 0 Å². The van der Waals surface area contributed by atoms with E-state index in [4.69, 9.17) is 11.5 Å². The molecule has 0 saturated carbocycles. The van der Waals surface area contributed by atoms with Crippen LogP contribution >= 0.6 is 0 Å². The minimum atomic E-state index is -0.0354. The van der Waals surface area contributed by atoms with E-state index in [1.807, 2.05) is 6.07 Å². The molecule has 1 aromatic rings. The molecule has 3 aliphatic rings. The van der Waals surface area contributed by atoms with Gasteiger partial charge in [-0.05, 0) is 6.07 Å². The standard InChI is InChI=1S/C12H19N5/c13-10-1-2-15-7-9(10)12(14)11-8-16-3-5-17(11)6-4-16/h1-2,7,11-12H,3-6,8,14H2,(H2,13,15). The molecule has 17 heavy (non-hydrogen) atoms. The van der Waals surface area contributed by atoms with Crippen LogP contribution in [0.15, 0.2) is 18.5 Å². The highest BCUT2D eigenvalue weighted by Crippen LogP contribution is 2.27. The molecular weight excluding hydrogens is 214 g/mol. The van der Waals surface area contributed by atoms with Gasteiger partial charge in [-0.25, -0.2) is 0 Å². The summed E-state index contributed by atoms with van der Waals surface area (Å²) < 4.78 is 0. The Kier molecular flexibility index (Phi) is 2.74. The Hall–Kier alpha value is -1.17. The van der Waals surface area contributed by atoms with Gasteiger partial charge in [-0.1, -0.05) is 0 Å². The van der Waals surface area contributed by atoms with E-state index < -0.39 is 0 Å². The number of anilines is 1. The van der Waals surface area contributed by atoms with Crippen molar-refractivity contribution >= 4 is 5.69 Å². The first-order valence-corrected chi connectivity index (χ1v) is 6.17. The maximum Gasteiger partial charge on any atom is 0.0501 e. The zero-order valence-electron chi connectivity index (χ0n) is 9.92. The van der Waals surface area contributed by atoms with Gasteiger partial charge < -0.3 is 11.5 Å². The molecule has 2 bridgehead atoms. The first-order chi connectivity index (χ1) is 8.25. The van der Waals surface area contributed by atoms with Crippen molar-refractivity contribution in [3.8, 4) is 0 Å². The summed E-state index contributed by atoms with van der Waals surface area (Å²) in [5.74, 6) is 0. The number of hydrogen-bond donors (Lipinski definition) is 2. The third-order valence-corrected chi connectivity index (χ3v) is 3.98. The van der Waals surface area contributed by atoms with E-state index >= 15 is 0 Å².